The first-order valence-electron chi connectivity index (χ1n) is 5.42. The van der Waals surface area contributed by atoms with Gasteiger partial charge in [0, 0.05) is 13.2 Å². The van der Waals surface area contributed by atoms with Crippen molar-refractivity contribution in [1.29, 1.82) is 0 Å². The summed E-state index contributed by atoms with van der Waals surface area (Å²) in [5, 5.41) is 3.27. The molecule has 0 amide bonds. The number of nitrogens with zero attached hydrogens (tertiary/aromatic N) is 1. The van der Waals surface area contributed by atoms with E-state index in [0.29, 0.717) is 31.1 Å². The van der Waals surface area contributed by atoms with Crippen LogP contribution in [-0.2, 0) is 4.74 Å². The summed E-state index contributed by atoms with van der Waals surface area (Å²) in [7, 11) is 1.65. The molecule has 0 radical (unpaired) electrons. The molecule has 0 aromatic carbocycles. The maximum absolute atomic E-state index is 5.37. The van der Waals surface area contributed by atoms with Crippen molar-refractivity contribution in [3.8, 4) is 0 Å². The molecule has 0 saturated carbocycles. The number of hydrogen-bond donors (Lipinski definition) is 3. The Balaban J connectivity index is 4.11. The Morgan fingerprint density at radius 1 is 1.47 bits per heavy atom. The van der Waals surface area contributed by atoms with Gasteiger partial charge in [-0.2, -0.15) is 0 Å². The third-order valence-electron chi connectivity index (χ3n) is 2.27. The number of hydrogen-bond acceptors (Lipinski definition) is 3. The van der Waals surface area contributed by atoms with E-state index in [2.05, 4.69) is 36.5 Å². The van der Waals surface area contributed by atoms with E-state index >= 15 is 0 Å². The number of nitrogens with one attached hydrogen (secondary N) is 2. The monoisotopic (exact) mass is 216 g/mol. The van der Waals surface area contributed by atoms with Crippen molar-refractivity contribution in [3.63, 3.8) is 0 Å². The van der Waals surface area contributed by atoms with Crippen LogP contribution in [0.5, 0.6) is 0 Å². The van der Waals surface area contributed by atoms with Gasteiger partial charge in [0.25, 0.3) is 0 Å². The lowest BCUT2D eigenvalue weighted by Crippen LogP contribution is -2.48. The molecule has 5 nitrogen and oxygen atoms in total. The van der Waals surface area contributed by atoms with Gasteiger partial charge in [-0.1, -0.05) is 20.8 Å². The summed E-state index contributed by atoms with van der Waals surface area (Å²) in [4.78, 5) is 4.25. The van der Waals surface area contributed by atoms with E-state index in [4.69, 9.17) is 10.6 Å². The molecule has 0 saturated heterocycles. The van der Waals surface area contributed by atoms with Gasteiger partial charge in [0.1, 0.15) is 0 Å². The topological polar surface area (TPSA) is 71.7 Å². The quantitative estimate of drug-likeness (QED) is 0.198. The SMILES string of the molecule is CCC(NC(=NCCOC)NN)C(C)C. The predicted octanol–water partition coefficient (Wildman–Crippen LogP) is 0.476. The van der Waals surface area contributed by atoms with Crippen molar-refractivity contribution in [1.82, 2.24) is 10.7 Å². The fourth-order valence-electron chi connectivity index (χ4n) is 1.30. The summed E-state index contributed by atoms with van der Waals surface area (Å²) in [6, 6.07) is 0.391. The molecule has 0 aliphatic rings. The Labute approximate surface area is 92.4 Å². The zero-order valence-corrected chi connectivity index (χ0v) is 10.2. The number of hydrazine groups is 1. The minimum atomic E-state index is 0.391. The third kappa shape index (κ3) is 6.30. The summed E-state index contributed by atoms with van der Waals surface area (Å²) >= 11 is 0. The van der Waals surface area contributed by atoms with Gasteiger partial charge in [0.2, 0.25) is 5.96 Å². The molecular formula is C10H24N4O. The molecule has 5 heteroatoms. The molecule has 0 fully saturated rings. The van der Waals surface area contributed by atoms with E-state index < -0.39 is 0 Å². The number of aliphatic imine (C=N–C) groups is 1. The average Bonchev–Trinajstić information content (AvgIpc) is 2.22. The summed E-state index contributed by atoms with van der Waals surface area (Å²) in [5.74, 6) is 6.56. The average molecular weight is 216 g/mol. The van der Waals surface area contributed by atoms with Crippen molar-refractivity contribution >= 4 is 5.96 Å². The molecule has 90 valence electrons. The first-order valence-corrected chi connectivity index (χ1v) is 5.42. The maximum atomic E-state index is 5.37. The number of methoxy groups -OCH3 is 1. The van der Waals surface area contributed by atoms with Crippen LogP contribution in [0, 0.1) is 5.92 Å². The molecule has 1 atom stereocenters. The number of rotatable bonds is 6. The number of nitrogens with two attached hydrogens (primary N) is 1. The second-order valence-corrected chi connectivity index (χ2v) is 3.77. The van der Waals surface area contributed by atoms with Crippen LogP contribution in [0.3, 0.4) is 0 Å². The van der Waals surface area contributed by atoms with E-state index in [1.807, 2.05) is 0 Å². The summed E-state index contributed by atoms with van der Waals surface area (Å²) in [5.41, 5.74) is 2.56. The maximum Gasteiger partial charge on any atom is 0.206 e. The number of ether oxygens (including phenoxy) is 1. The second-order valence-electron chi connectivity index (χ2n) is 3.77. The molecule has 0 aromatic heterocycles. The van der Waals surface area contributed by atoms with Crippen LogP contribution in [-0.4, -0.2) is 32.3 Å². The lowest BCUT2D eigenvalue weighted by atomic mass is 10.0. The highest BCUT2D eigenvalue weighted by Crippen LogP contribution is 2.04. The molecule has 0 aliphatic heterocycles. The van der Waals surface area contributed by atoms with Gasteiger partial charge in [0.05, 0.1) is 13.2 Å². The Morgan fingerprint density at radius 3 is 2.53 bits per heavy atom. The van der Waals surface area contributed by atoms with Crippen molar-refractivity contribution in [2.45, 2.75) is 33.2 Å². The Kier molecular flexibility index (Phi) is 8.04. The molecule has 0 spiro atoms. The van der Waals surface area contributed by atoms with Crippen LogP contribution < -0.4 is 16.6 Å². The summed E-state index contributed by atoms with van der Waals surface area (Å²) < 4.78 is 4.91. The van der Waals surface area contributed by atoms with Gasteiger partial charge in [-0.15, -0.1) is 0 Å². The lowest BCUT2D eigenvalue weighted by molar-refractivity contribution is 0.207. The first-order chi connectivity index (χ1) is 7.15. The first kappa shape index (κ1) is 14.2. The minimum Gasteiger partial charge on any atom is -0.383 e. The normalized spacial score (nSPS) is 14.1. The smallest absolute Gasteiger partial charge is 0.206 e. The van der Waals surface area contributed by atoms with Crippen molar-refractivity contribution < 1.29 is 4.74 Å². The van der Waals surface area contributed by atoms with Gasteiger partial charge in [-0.25, -0.2) is 10.8 Å². The highest BCUT2D eigenvalue weighted by molar-refractivity contribution is 5.79. The van der Waals surface area contributed by atoms with Crippen LogP contribution in [0.25, 0.3) is 0 Å². The van der Waals surface area contributed by atoms with E-state index in [1.165, 1.54) is 0 Å². The van der Waals surface area contributed by atoms with E-state index in [9.17, 15) is 0 Å². The Bertz CT molecular complexity index is 182. The fraction of sp³-hybridized carbons (Fsp3) is 0.900. The molecule has 0 aliphatic carbocycles. The molecule has 0 heterocycles. The van der Waals surface area contributed by atoms with Crippen molar-refractivity contribution in [2.75, 3.05) is 20.3 Å². The minimum absolute atomic E-state index is 0.391. The fourth-order valence-corrected chi connectivity index (χ4v) is 1.30. The third-order valence-corrected chi connectivity index (χ3v) is 2.27. The van der Waals surface area contributed by atoms with E-state index in [0.717, 1.165) is 6.42 Å². The lowest BCUT2D eigenvalue weighted by Gasteiger charge is -2.22. The predicted molar refractivity (Wildman–Crippen MR) is 63.6 cm³/mol. The van der Waals surface area contributed by atoms with Crippen molar-refractivity contribution in [2.24, 2.45) is 16.8 Å². The van der Waals surface area contributed by atoms with E-state index in [1.54, 1.807) is 7.11 Å². The Hall–Kier alpha value is -0.810. The van der Waals surface area contributed by atoms with E-state index in [-0.39, 0.29) is 0 Å². The molecule has 0 rings (SSSR count). The summed E-state index contributed by atoms with van der Waals surface area (Å²) in [6.45, 7) is 7.69. The molecule has 15 heavy (non-hydrogen) atoms. The zero-order valence-electron chi connectivity index (χ0n) is 10.2. The highest BCUT2D eigenvalue weighted by atomic mass is 16.5. The van der Waals surface area contributed by atoms with Gasteiger partial charge < -0.3 is 10.1 Å². The zero-order chi connectivity index (χ0) is 11.7. The molecule has 1 unspecified atom stereocenters. The van der Waals surface area contributed by atoms with Gasteiger partial charge in [-0.3, -0.25) is 5.43 Å². The molecule has 4 N–H and O–H groups in total. The molecular weight excluding hydrogens is 192 g/mol. The van der Waals surface area contributed by atoms with Crippen molar-refractivity contribution in [3.05, 3.63) is 0 Å². The van der Waals surface area contributed by atoms with Crippen LogP contribution in [0.4, 0.5) is 0 Å². The van der Waals surface area contributed by atoms with Crippen LogP contribution in [0.15, 0.2) is 4.99 Å². The van der Waals surface area contributed by atoms with Crippen LogP contribution in [0.2, 0.25) is 0 Å². The number of guanidine groups is 1. The second kappa shape index (κ2) is 8.49. The highest BCUT2D eigenvalue weighted by Gasteiger charge is 2.11. The standard InChI is InChI=1S/C10H24N4O/c1-5-9(8(2)3)13-10(14-11)12-6-7-15-4/h8-9H,5-7,11H2,1-4H3,(H2,12,13,14). The van der Waals surface area contributed by atoms with Crippen LogP contribution in [0.1, 0.15) is 27.2 Å². The summed E-state index contributed by atoms with van der Waals surface area (Å²) in [6.07, 6.45) is 1.04. The van der Waals surface area contributed by atoms with Gasteiger partial charge in [-0.05, 0) is 12.3 Å². The van der Waals surface area contributed by atoms with Gasteiger partial charge in [0.15, 0.2) is 0 Å². The molecule has 0 aromatic rings. The van der Waals surface area contributed by atoms with Gasteiger partial charge >= 0.3 is 0 Å². The largest absolute Gasteiger partial charge is 0.383 e. The molecule has 0 bridgehead atoms. The Morgan fingerprint density at radius 2 is 2.13 bits per heavy atom. The van der Waals surface area contributed by atoms with Crippen LogP contribution >= 0.6 is 0 Å².